The maximum absolute atomic E-state index is 13.3. The van der Waals surface area contributed by atoms with Crippen LogP contribution in [0.1, 0.15) is 16.8 Å². The molecule has 22 heteroatoms. The fourth-order valence-corrected chi connectivity index (χ4v) is 5.78. The molecule has 1 amide bonds. The standard InChI is InChI=1S/C24H22ClN7O11S3/c1-10-7-13(45(38,39)40)5-6-17(10)32-22(33)19(20(31-32)23(34)35)30-29-16-9-14(46(41,42)43)8-15(11(16)2)27-21-18(25)12(3)26-24(28-21)44(4,36)37/h5-9,19H,1-4H3,(H,34,35)(H,26,27,28)(H,38,39,40)(H,41,42,43). The lowest BCUT2D eigenvalue weighted by molar-refractivity contribution is -0.130. The fourth-order valence-electron chi connectivity index (χ4n) is 3.99. The summed E-state index contributed by atoms with van der Waals surface area (Å²) in [6, 6.07) is 3.10. The van der Waals surface area contributed by atoms with E-state index in [1.165, 1.54) is 20.8 Å². The van der Waals surface area contributed by atoms with Gasteiger partial charge in [-0.2, -0.15) is 42.2 Å². The van der Waals surface area contributed by atoms with E-state index in [1.807, 2.05) is 0 Å². The van der Waals surface area contributed by atoms with Crippen LogP contribution >= 0.6 is 11.6 Å². The summed E-state index contributed by atoms with van der Waals surface area (Å²) in [6.07, 6.45) is 0.859. The maximum Gasteiger partial charge on any atom is 0.355 e. The molecule has 0 saturated heterocycles. The van der Waals surface area contributed by atoms with Gasteiger partial charge in [-0.05, 0) is 56.7 Å². The minimum Gasteiger partial charge on any atom is -0.477 e. The summed E-state index contributed by atoms with van der Waals surface area (Å²) in [5, 5.41) is 23.8. The van der Waals surface area contributed by atoms with Gasteiger partial charge in [-0.3, -0.25) is 13.9 Å². The number of anilines is 3. The van der Waals surface area contributed by atoms with Crippen LogP contribution in [-0.2, 0) is 39.7 Å². The van der Waals surface area contributed by atoms with Crippen LogP contribution in [0.3, 0.4) is 0 Å². The number of benzene rings is 2. The molecule has 0 saturated carbocycles. The van der Waals surface area contributed by atoms with Crippen LogP contribution < -0.4 is 10.3 Å². The van der Waals surface area contributed by atoms with Gasteiger partial charge in [0.2, 0.25) is 21.0 Å². The first-order chi connectivity index (χ1) is 21.1. The third-order valence-electron chi connectivity index (χ3n) is 6.34. The van der Waals surface area contributed by atoms with Gasteiger partial charge in [0.1, 0.15) is 5.02 Å². The number of sulfone groups is 1. The Morgan fingerprint density at radius 2 is 1.61 bits per heavy atom. The molecule has 0 radical (unpaired) electrons. The predicted molar refractivity (Wildman–Crippen MR) is 161 cm³/mol. The first kappa shape index (κ1) is 34.5. The third kappa shape index (κ3) is 7.03. The van der Waals surface area contributed by atoms with Crippen molar-refractivity contribution < 1.29 is 49.1 Å². The van der Waals surface area contributed by atoms with Gasteiger partial charge in [0, 0.05) is 17.5 Å². The summed E-state index contributed by atoms with van der Waals surface area (Å²) in [4.78, 5) is 31.8. The zero-order valence-electron chi connectivity index (χ0n) is 23.9. The highest BCUT2D eigenvalue weighted by atomic mass is 35.5. The molecule has 46 heavy (non-hydrogen) atoms. The molecule has 18 nitrogen and oxygen atoms in total. The number of halogens is 1. The molecule has 244 valence electrons. The molecule has 0 spiro atoms. The lowest BCUT2D eigenvalue weighted by Crippen LogP contribution is -2.33. The number of azo groups is 1. The zero-order chi connectivity index (χ0) is 34.5. The van der Waals surface area contributed by atoms with Crippen molar-refractivity contribution in [2.45, 2.75) is 41.8 Å². The minimum absolute atomic E-state index is 0.0321. The highest BCUT2D eigenvalue weighted by molar-refractivity contribution is 7.90. The van der Waals surface area contributed by atoms with Crippen LogP contribution in [0.25, 0.3) is 0 Å². The number of hydrogen-bond acceptors (Lipinski definition) is 14. The van der Waals surface area contributed by atoms with E-state index in [0.717, 1.165) is 36.6 Å². The number of nitrogens with one attached hydrogen (secondary N) is 1. The van der Waals surface area contributed by atoms with Crippen molar-refractivity contribution in [3.63, 3.8) is 0 Å². The average Bonchev–Trinajstić information content (AvgIpc) is 3.25. The van der Waals surface area contributed by atoms with Gasteiger partial charge in [0.05, 0.1) is 26.9 Å². The molecule has 1 unspecified atom stereocenters. The smallest absolute Gasteiger partial charge is 0.355 e. The molecular weight excluding hydrogens is 694 g/mol. The quantitative estimate of drug-likeness (QED) is 0.141. The summed E-state index contributed by atoms with van der Waals surface area (Å²) >= 11 is 6.26. The second-order valence-corrected chi connectivity index (χ2v) is 14.9. The van der Waals surface area contributed by atoms with Gasteiger partial charge < -0.3 is 10.4 Å². The van der Waals surface area contributed by atoms with E-state index in [2.05, 4.69) is 30.6 Å². The Balaban J connectivity index is 1.78. The number of aryl methyl sites for hydroxylation is 2. The number of amides is 1. The van der Waals surface area contributed by atoms with E-state index in [9.17, 15) is 49.1 Å². The zero-order valence-corrected chi connectivity index (χ0v) is 27.1. The monoisotopic (exact) mass is 715 g/mol. The van der Waals surface area contributed by atoms with Gasteiger partial charge in [0.15, 0.2) is 11.5 Å². The minimum atomic E-state index is -4.90. The number of hydrogen-bond donors (Lipinski definition) is 4. The van der Waals surface area contributed by atoms with Gasteiger partial charge in [-0.15, -0.1) is 0 Å². The molecule has 0 aliphatic carbocycles. The van der Waals surface area contributed by atoms with Crippen molar-refractivity contribution in [2.75, 3.05) is 16.6 Å². The van der Waals surface area contributed by atoms with E-state index in [4.69, 9.17) is 11.6 Å². The predicted octanol–water partition coefficient (Wildman–Crippen LogP) is 2.64. The number of carbonyl (C=O) groups excluding carboxylic acids is 1. The molecule has 0 fully saturated rings. The molecule has 3 aromatic rings. The number of carbonyl (C=O) groups is 2. The van der Waals surface area contributed by atoms with Gasteiger partial charge in [-0.1, -0.05) is 11.6 Å². The maximum atomic E-state index is 13.3. The van der Waals surface area contributed by atoms with Gasteiger partial charge in [0.25, 0.3) is 26.1 Å². The normalized spacial score (nSPS) is 15.8. The van der Waals surface area contributed by atoms with Crippen LogP contribution in [0.15, 0.2) is 60.6 Å². The summed E-state index contributed by atoms with van der Waals surface area (Å²) in [7, 11) is -13.4. The largest absolute Gasteiger partial charge is 0.477 e. The lowest BCUT2D eigenvalue weighted by atomic mass is 10.1. The van der Waals surface area contributed by atoms with E-state index < -0.39 is 68.7 Å². The molecule has 1 aromatic heterocycles. The molecule has 2 heterocycles. The molecule has 1 aliphatic heterocycles. The van der Waals surface area contributed by atoms with Gasteiger partial charge in [-0.25, -0.2) is 18.2 Å². The Bertz CT molecular complexity index is 2220. The number of hydrazone groups is 1. The third-order valence-corrected chi connectivity index (χ3v) is 9.32. The first-order valence-electron chi connectivity index (χ1n) is 12.4. The number of aliphatic carboxylic acids is 1. The van der Waals surface area contributed by atoms with E-state index in [-0.39, 0.29) is 44.7 Å². The first-order valence-corrected chi connectivity index (χ1v) is 17.5. The SMILES string of the molecule is Cc1cc(S(=O)(=O)O)ccc1N1N=C(C(=O)O)C(N=Nc2cc(S(=O)(=O)O)cc(Nc3nc(S(C)(=O)=O)nc(C)c3Cl)c2C)C1=O. The van der Waals surface area contributed by atoms with E-state index in [0.29, 0.717) is 5.01 Å². The number of aromatic nitrogens is 2. The summed E-state index contributed by atoms with van der Waals surface area (Å²) in [5.41, 5.74) is -0.912. The Labute approximate surface area is 266 Å². The second kappa shape index (κ2) is 12.1. The molecule has 4 N–H and O–H groups in total. The summed E-state index contributed by atoms with van der Waals surface area (Å²) in [5.74, 6) is -2.93. The van der Waals surface area contributed by atoms with Crippen LogP contribution in [0, 0.1) is 20.8 Å². The van der Waals surface area contributed by atoms with Crippen LogP contribution in [0.2, 0.25) is 5.02 Å². The Morgan fingerprint density at radius 3 is 2.15 bits per heavy atom. The number of nitrogens with zero attached hydrogens (tertiary/aromatic N) is 6. The van der Waals surface area contributed by atoms with Crippen molar-refractivity contribution >= 4 is 82.1 Å². The Morgan fingerprint density at radius 1 is 0.978 bits per heavy atom. The fraction of sp³-hybridized carbons (Fsp3) is 0.208. The van der Waals surface area contributed by atoms with Crippen LogP contribution in [0.4, 0.5) is 22.9 Å². The topological polar surface area (TPSA) is 275 Å². The molecule has 1 aliphatic rings. The molecule has 0 bridgehead atoms. The summed E-state index contributed by atoms with van der Waals surface area (Å²) < 4.78 is 90.3. The highest BCUT2D eigenvalue weighted by Crippen LogP contribution is 2.35. The second-order valence-electron chi connectivity index (χ2n) is 9.72. The van der Waals surface area contributed by atoms with Crippen molar-refractivity contribution in [1.82, 2.24) is 9.97 Å². The van der Waals surface area contributed by atoms with Gasteiger partial charge >= 0.3 is 5.97 Å². The average molecular weight is 716 g/mol. The summed E-state index contributed by atoms with van der Waals surface area (Å²) in [6.45, 7) is 4.18. The number of carboxylic acids is 1. The van der Waals surface area contributed by atoms with E-state index in [1.54, 1.807) is 0 Å². The lowest BCUT2D eigenvalue weighted by Gasteiger charge is -2.16. The van der Waals surface area contributed by atoms with Crippen LogP contribution in [-0.4, -0.2) is 79.3 Å². The Hall–Kier alpha value is -4.41. The molecule has 2 aromatic carbocycles. The van der Waals surface area contributed by atoms with Crippen molar-refractivity contribution in [3.05, 3.63) is 52.2 Å². The molecule has 1 atom stereocenters. The Kier molecular flexibility index (Phi) is 9.05. The van der Waals surface area contributed by atoms with Crippen molar-refractivity contribution in [1.29, 1.82) is 0 Å². The number of rotatable bonds is 9. The molecular formula is C24H22ClN7O11S3. The number of carboxylic acid groups (broad SMARTS) is 1. The van der Waals surface area contributed by atoms with Crippen LogP contribution in [0.5, 0.6) is 0 Å². The molecule has 4 rings (SSSR count). The van der Waals surface area contributed by atoms with Crippen molar-refractivity contribution in [3.8, 4) is 0 Å². The van der Waals surface area contributed by atoms with Crippen molar-refractivity contribution in [2.24, 2.45) is 15.3 Å². The van der Waals surface area contributed by atoms with E-state index >= 15 is 0 Å². The highest BCUT2D eigenvalue weighted by Gasteiger charge is 2.41.